The molecule has 2 amide bonds. The summed E-state index contributed by atoms with van der Waals surface area (Å²) in [5.74, 6) is -0.447. The Hall–Kier alpha value is -3.46. The molecule has 0 spiro atoms. The number of hydrogen-bond acceptors (Lipinski definition) is 6. The van der Waals surface area contributed by atoms with E-state index in [-0.39, 0.29) is 24.1 Å². The summed E-state index contributed by atoms with van der Waals surface area (Å²) in [6.07, 6.45) is 0. The summed E-state index contributed by atoms with van der Waals surface area (Å²) in [6, 6.07) is 12.0. The highest BCUT2D eigenvalue weighted by Crippen LogP contribution is 2.27. The van der Waals surface area contributed by atoms with Gasteiger partial charge in [-0.3, -0.25) is 9.59 Å². The van der Waals surface area contributed by atoms with E-state index in [0.717, 1.165) is 51.0 Å². The molecule has 2 N–H and O–H groups in total. The number of thioether (sulfide) groups is 1. The quantitative estimate of drug-likeness (QED) is 0.406. The minimum atomic E-state index is -0.271. The number of carbonyl (C=O) groups excluding carboxylic acids is 2. The van der Waals surface area contributed by atoms with Crippen molar-refractivity contribution in [2.45, 2.75) is 39.4 Å². The Kier molecular flexibility index (Phi) is 6.60. The van der Waals surface area contributed by atoms with Crippen molar-refractivity contribution < 1.29 is 9.59 Å². The second-order valence-electron chi connectivity index (χ2n) is 7.92. The Balaban J connectivity index is 1.36. The first kappa shape index (κ1) is 22.7. The van der Waals surface area contributed by atoms with Crippen LogP contribution in [0.5, 0.6) is 0 Å². The molecule has 2 heterocycles. The van der Waals surface area contributed by atoms with Crippen LogP contribution < -0.4 is 10.6 Å². The molecular formula is C24H26N6O2S. The normalized spacial score (nSPS) is 11.2. The van der Waals surface area contributed by atoms with Crippen molar-refractivity contribution in [3.63, 3.8) is 0 Å². The van der Waals surface area contributed by atoms with Crippen LogP contribution in [-0.4, -0.2) is 43.9 Å². The van der Waals surface area contributed by atoms with Crippen LogP contribution in [-0.2, 0) is 16.1 Å². The summed E-state index contributed by atoms with van der Waals surface area (Å²) < 4.78 is 2.09. The van der Waals surface area contributed by atoms with Crippen molar-refractivity contribution >= 4 is 51.3 Å². The van der Waals surface area contributed by atoms with Gasteiger partial charge in [0.2, 0.25) is 17.0 Å². The molecular weight excluding hydrogens is 436 g/mol. The highest BCUT2D eigenvalue weighted by Gasteiger charge is 2.15. The van der Waals surface area contributed by atoms with E-state index in [0.29, 0.717) is 5.16 Å². The van der Waals surface area contributed by atoms with Crippen molar-refractivity contribution in [3.8, 4) is 0 Å². The number of hydrogen-bond donors (Lipinski definition) is 2. The number of nitrogens with zero attached hydrogens (tertiary/aromatic N) is 4. The smallest absolute Gasteiger partial charge is 0.243 e. The minimum Gasteiger partial charge on any atom is -0.346 e. The maximum atomic E-state index is 12.3. The SMILES string of the molecule is CCn1c2ccccc2c2nnc(SCC(=O)NCC(=O)Nc3c(C)cc(C)cc3C)nc21. The highest BCUT2D eigenvalue weighted by atomic mass is 32.2. The molecule has 0 bridgehead atoms. The lowest BCUT2D eigenvalue weighted by Gasteiger charge is -2.13. The molecule has 0 aliphatic rings. The van der Waals surface area contributed by atoms with E-state index in [9.17, 15) is 9.59 Å². The van der Waals surface area contributed by atoms with E-state index in [1.807, 2.05) is 57.2 Å². The summed E-state index contributed by atoms with van der Waals surface area (Å²) in [4.78, 5) is 29.2. The van der Waals surface area contributed by atoms with Gasteiger partial charge in [0, 0.05) is 17.6 Å². The van der Waals surface area contributed by atoms with Crippen molar-refractivity contribution in [1.29, 1.82) is 0 Å². The molecule has 0 aliphatic carbocycles. The molecule has 0 aliphatic heterocycles. The molecule has 0 saturated carbocycles. The van der Waals surface area contributed by atoms with Gasteiger partial charge in [-0.25, -0.2) is 4.98 Å². The zero-order valence-electron chi connectivity index (χ0n) is 19.1. The van der Waals surface area contributed by atoms with Crippen LogP contribution in [0.3, 0.4) is 0 Å². The van der Waals surface area contributed by atoms with E-state index >= 15 is 0 Å². The van der Waals surface area contributed by atoms with Gasteiger partial charge in [-0.15, -0.1) is 10.2 Å². The number of nitrogens with one attached hydrogen (secondary N) is 2. The number of anilines is 1. The topological polar surface area (TPSA) is 102 Å². The number of aromatic nitrogens is 4. The lowest BCUT2D eigenvalue weighted by atomic mass is 10.1. The summed E-state index contributed by atoms with van der Waals surface area (Å²) in [6.45, 7) is 8.62. The second-order valence-corrected chi connectivity index (χ2v) is 8.86. The number of carbonyl (C=O) groups is 2. The highest BCUT2D eigenvalue weighted by molar-refractivity contribution is 7.99. The molecule has 33 heavy (non-hydrogen) atoms. The lowest BCUT2D eigenvalue weighted by molar-refractivity contribution is -0.122. The van der Waals surface area contributed by atoms with Crippen molar-refractivity contribution in [3.05, 3.63) is 53.1 Å². The lowest BCUT2D eigenvalue weighted by Crippen LogP contribution is -2.34. The van der Waals surface area contributed by atoms with E-state index in [4.69, 9.17) is 0 Å². The fraction of sp³-hybridized carbons (Fsp3) is 0.292. The van der Waals surface area contributed by atoms with E-state index in [1.165, 1.54) is 11.8 Å². The van der Waals surface area contributed by atoms with Crippen LogP contribution in [0.4, 0.5) is 5.69 Å². The standard InChI is InChI=1S/C24H26N6O2S/c1-5-30-18-9-7-6-8-17(18)22-23(30)27-24(29-28-22)33-13-20(32)25-12-19(31)26-21-15(3)10-14(2)11-16(21)4/h6-11H,5,12-13H2,1-4H3,(H,25,32)(H,26,31). The summed E-state index contributed by atoms with van der Waals surface area (Å²) in [5, 5.41) is 15.5. The van der Waals surface area contributed by atoms with Gasteiger partial charge < -0.3 is 15.2 Å². The van der Waals surface area contributed by atoms with Gasteiger partial charge in [-0.1, -0.05) is 47.7 Å². The Labute approximate surface area is 196 Å². The van der Waals surface area contributed by atoms with Gasteiger partial charge in [0.1, 0.15) is 5.52 Å². The van der Waals surface area contributed by atoms with Gasteiger partial charge in [0.15, 0.2) is 5.65 Å². The molecule has 2 aromatic carbocycles. The Bertz CT molecular complexity index is 1340. The zero-order valence-corrected chi connectivity index (χ0v) is 19.9. The van der Waals surface area contributed by atoms with Gasteiger partial charge in [-0.2, -0.15) is 0 Å². The number of fused-ring (bicyclic) bond motifs is 3. The Morgan fingerprint density at radius 3 is 2.48 bits per heavy atom. The number of amides is 2. The largest absolute Gasteiger partial charge is 0.346 e. The average Bonchev–Trinajstić information content (AvgIpc) is 3.11. The van der Waals surface area contributed by atoms with Crippen LogP contribution in [0.1, 0.15) is 23.6 Å². The molecule has 0 atom stereocenters. The molecule has 4 rings (SSSR count). The predicted molar refractivity (Wildman–Crippen MR) is 132 cm³/mol. The Morgan fingerprint density at radius 2 is 1.76 bits per heavy atom. The number of aryl methyl sites for hydroxylation is 4. The summed E-state index contributed by atoms with van der Waals surface area (Å²) >= 11 is 1.19. The third-order valence-corrected chi connectivity index (χ3v) is 6.23. The fourth-order valence-electron chi connectivity index (χ4n) is 3.99. The van der Waals surface area contributed by atoms with Crippen molar-refractivity contribution in [1.82, 2.24) is 25.1 Å². The van der Waals surface area contributed by atoms with Crippen molar-refractivity contribution in [2.75, 3.05) is 17.6 Å². The van der Waals surface area contributed by atoms with Gasteiger partial charge in [0.05, 0.1) is 17.8 Å². The van der Waals surface area contributed by atoms with Crippen LogP contribution >= 0.6 is 11.8 Å². The van der Waals surface area contributed by atoms with Crippen LogP contribution in [0.25, 0.3) is 22.1 Å². The van der Waals surface area contributed by atoms with Crippen molar-refractivity contribution in [2.24, 2.45) is 0 Å². The number of benzene rings is 2. The van der Waals surface area contributed by atoms with Gasteiger partial charge in [-0.05, 0) is 44.9 Å². The third kappa shape index (κ3) is 4.83. The second kappa shape index (κ2) is 9.58. The maximum Gasteiger partial charge on any atom is 0.243 e. The fourth-order valence-corrected chi connectivity index (χ4v) is 4.60. The number of para-hydroxylation sites is 1. The van der Waals surface area contributed by atoms with Gasteiger partial charge in [0.25, 0.3) is 0 Å². The first-order valence-corrected chi connectivity index (χ1v) is 11.7. The molecule has 0 saturated heterocycles. The molecule has 9 heteroatoms. The van der Waals surface area contributed by atoms with Crippen LogP contribution in [0, 0.1) is 20.8 Å². The average molecular weight is 463 g/mol. The first-order valence-electron chi connectivity index (χ1n) is 10.8. The molecule has 0 fully saturated rings. The third-order valence-electron chi connectivity index (χ3n) is 5.39. The molecule has 8 nitrogen and oxygen atoms in total. The predicted octanol–water partition coefficient (Wildman–Crippen LogP) is 3.77. The van der Waals surface area contributed by atoms with E-state index in [1.54, 1.807) is 0 Å². The maximum absolute atomic E-state index is 12.3. The van der Waals surface area contributed by atoms with Gasteiger partial charge >= 0.3 is 0 Å². The Morgan fingerprint density at radius 1 is 1.03 bits per heavy atom. The summed E-state index contributed by atoms with van der Waals surface area (Å²) in [7, 11) is 0. The molecule has 2 aromatic heterocycles. The zero-order chi connectivity index (χ0) is 23.5. The van der Waals surface area contributed by atoms with Crippen LogP contribution in [0.2, 0.25) is 0 Å². The van der Waals surface area contributed by atoms with E-state index < -0.39 is 0 Å². The first-order chi connectivity index (χ1) is 15.9. The monoisotopic (exact) mass is 462 g/mol. The molecule has 4 aromatic rings. The molecule has 0 radical (unpaired) electrons. The summed E-state index contributed by atoms with van der Waals surface area (Å²) in [5.41, 5.74) is 6.47. The van der Waals surface area contributed by atoms with Crippen LogP contribution in [0.15, 0.2) is 41.6 Å². The number of rotatable bonds is 7. The molecule has 170 valence electrons. The molecule has 0 unspecified atom stereocenters. The minimum absolute atomic E-state index is 0.0927. The van der Waals surface area contributed by atoms with E-state index in [2.05, 4.69) is 37.3 Å².